The van der Waals surface area contributed by atoms with Crippen molar-refractivity contribution in [2.45, 2.75) is 37.5 Å². The smallest absolute Gasteiger partial charge is 0.241 e. The van der Waals surface area contributed by atoms with E-state index in [1.807, 2.05) is 12.1 Å². The van der Waals surface area contributed by atoms with Crippen molar-refractivity contribution in [3.8, 4) is 11.3 Å². The maximum Gasteiger partial charge on any atom is 0.241 e. The summed E-state index contributed by atoms with van der Waals surface area (Å²) in [5, 5.41) is 19.4. The van der Waals surface area contributed by atoms with E-state index in [9.17, 15) is 8.42 Å². The van der Waals surface area contributed by atoms with Gasteiger partial charge in [-0.2, -0.15) is 0 Å². The Morgan fingerprint density at radius 3 is 2.33 bits per heavy atom. The number of aryl methyl sites for hydroxylation is 1. The average molecular weight is 512 g/mol. The number of methoxy groups -OCH3 is 1. The fraction of sp³-hybridized carbons (Fsp3) is 0.308. The third kappa shape index (κ3) is 6.60. The first kappa shape index (κ1) is 27.1. The summed E-state index contributed by atoms with van der Waals surface area (Å²) in [6.07, 6.45) is 1.56. The van der Waals surface area contributed by atoms with Crippen LogP contribution in [0.15, 0.2) is 59.6 Å². The van der Waals surface area contributed by atoms with Crippen LogP contribution in [0.1, 0.15) is 37.8 Å². The minimum absolute atomic E-state index is 0. The van der Waals surface area contributed by atoms with Gasteiger partial charge >= 0.3 is 0 Å². The molecule has 0 aliphatic carbocycles. The molecule has 0 amide bonds. The van der Waals surface area contributed by atoms with Crippen LogP contribution < -0.4 is 5.32 Å². The molecule has 1 heterocycles. The van der Waals surface area contributed by atoms with Gasteiger partial charge in [-0.05, 0) is 50.6 Å². The van der Waals surface area contributed by atoms with Crippen molar-refractivity contribution < 1.29 is 19.3 Å². The second-order valence-corrected chi connectivity index (χ2v) is 10.9. The van der Waals surface area contributed by atoms with Gasteiger partial charge in [-0.3, -0.25) is 15.8 Å². The van der Waals surface area contributed by atoms with Gasteiger partial charge in [0.15, 0.2) is 9.84 Å². The minimum Gasteiger partial charge on any atom is -0.419 e. The van der Waals surface area contributed by atoms with E-state index in [0.717, 1.165) is 12.1 Å². The van der Waals surface area contributed by atoms with E-state index in [-0.39, 0.29) is 23.8 Å². The number of rotatable bonds is 10. The molecule has 1 aromatic heterocycles. The molecule has 0 saturated heterocycles. The first-order chi connectivity index (χ1) is 17.1. The van der Waals surface area contributed by atoms with Gasteiger partial charge in [-0.15, -0.1) is 0 Å². The third-order valence-electron chi connectivity index (χ3n) is 5.50. The van der Waals surface area contributed by atoms with Crippen LogP contribution in [0.2, 0.25) is 0 Å². The quantitative estimate of drug-likeness (QED) is 0.213. The number of nitrogens with zero attached hydrogens (tertiary/aromatic N) is 2. The van der Waals surface area contributed by atoms with Crippen LogP contribution >= 0.6 is 0 Å². The highest BCUT2D eigenvalue weighted by molar-refractivity contribution is 7.92. The molecule has 0 fully saturated rings. The normalized spacial score (nSPS) is 11.5. The summed E-state index contributed by atoms with van der Waals surface area (Å²) in [7, 11) is -1.72. The van der Waals surface area contributed by atoms with E-state index in [0.29, 0.717) is 35.7 Å². The highest BCUT2D eigenvalue weighted by Crippen LogP contribution is 2.22. The van der Waals surface area contributed by atoms with Crippen LogP contribution in [0.3, 0.4) is 0 Å². The monoisotopic (exact) mass is 511 g/mol. The molecule has 0 atom stereocenters. The second kappa shape index (κ2) is 12.0. The third-order valence-corrected chi connectivity index (χ3v) is 7.67. The average Bonchev–Trinajstić information content (AvgIpc) is 2.87. The van der Waals surface area contributed by atoms with Gasteiger partial charge in [-0.25, -0.2) is 13.4 Å². The molecule has 2 aromatic carbocycles. The number of ether oxygens (including phenoxy) is 2. The largest absolute Gasteiger partial charge is 0.419 e. The van der Waals surface area contributed by atoms with Crippen molar-refractivity contribution in [3.63, 3.8) is 0 Å². The van der Waals surface area contributed by atoms with Crippen molar-refractivity contribution in [1.29, 1.82) is 10.8 Å². The van der Waals surface area contributed by atoms with Crippen LogP contribution in [0.4, 0.5) is 0 Å². The van der Waals surface area contributed by atoms with Crippen molar-refractivity contribution in [2.24, 2.45) is 0 Å². The first-order valence-corrected chi connectivity index (χ1v) is 13.0. The second-order valence-electron chi connectivity index (χ2n) is 8.43. The zero-order valence-corrected chi connectivity index (χ0v) is 21.6. The van der Waals surface area contributed by atoms with Crippen molar-refractivity contribution >= 4 is 21.6 Å². The lowest BCUT2D eigenvalue weighted by atomic mass is 10.1. The van der Waals surface area contributed by atoms with Crippen molar-refractivity contribution in [3.05, 3.63) is 77.2 Å². The number of nitrogens with one attached hydrogen (secondary N) is 3. The molecule has 0 aliphatic heterocycles. The van der Waals surface area contributed by atoms with Crippen molar-refractivity contribution in [2.75, 3.05) is 20.3 Å². The molecule has 0 aliphatic rings. The first-order valence-electron chi connectivity index (χ1n) is 11.5. The molecule has 0 unspecified atom stereocenters. The van der Waals surface area contributed by atoms with Gasteiger partial charge in [0.25, 0.3) is 0 Å². The Balaban J connectivity index is 0.00000481. The fourth-order valence-corrected chi connectivity index (χ4v) is 4.34. The molecule has 3 aromatic rings. The summed E-state index contributed by atoms with van der Waals surface area (Å²) >= 11 is 0. The Kier molecular flexibility index (Phi) is 9.03. The Hall–Kier alpha value is -3.47. The number of hydrogen-bond donors (Lipinski definition) is 3. The fourth-order valence-electron chi connectivity index (χ4n) is 3.28. The molecule has 36 heavy (non-hydrogen) atoms. The molecular formula is C26H33N5O4S. The van der Waals surface area contributed by atoms with Gasteiger partial charge in [0.05, 0.1) is 34.3 Å². The molecule has 0 spiro atoms. The van der Waals surface area contributed by atoms with Crippen molar-refractivity contribution in [1.82, 2.24) is 15.3 Å². The number of hydrogen-bond acceptors (Lipinski definition) is 9. The molecule has 0 saturated carbocycles. The summed E-state index contributed by atoms with van der Waals surface area (Å²) in [4.78, 5) is 9.06. The highest BCUT2D eigenvalue weighted by Gasteiger charge is 2.20. The van der Waals surface area contributed by atoms with Gasteiger partial charge < -0.3 is 14.8 Å². The maximum atomic E-state index is 12.4. The lowest BCUT2D eigenvalue weighted by molar-refractivity contribution is 0.199. The molecule has 0 radical (unpaired) electrons. The predicted octanol–water partition coefficient (Wildman–Crippen LogP) is 3.98. The summed E-state index contributed by atoms with van der Waals surface area (Å²) < 4.78 is 35.3. The zero-order valence-electron chi connectivity index (χ0n) is 20.8. The van der Waals surface area contributed by atoms with Gasteiger partial charge in [0.1, 0.15) is 5.69 Å². The Bertz CT molecular complexity index is 1330. The number of benzene rings is 2. The van der Waals surface area contributed by atoms with Gasteiger partial charge in [-0.1, -0.05) is 24.3 Å². The zero-order chi connectivity index (χ0) is 26.3. The molecule has 9 nitrogen and oxygen atoms in total. The van der Waals surface area contributed by atoms with Crippen LogP contribution in [-0.2, 0) is 25.9 Å². The predicted molar refractivity (Wildman–Crippen MR) is 141 cm³/mol. The summed E-state index contributed by atoms with van der Waals surface area (Å²) in [6, 6.07) is 13.7. The molecule has 3 N–H and O–H groups in total. The molecular weight excluding hydrogens is 478 g/mol. The van der Waals surface area contributed by atoms with E-state index in [4.69, 9.17) is 20.3 Å². The van der Waals surface area contributed by atoms with Crippen LogP contribution in [0.5, 0.6) is 0 Å². The topological polar surface area (TPSA) is 138 Å². The standard InChI is InChI=1S/C26H31N5O4S.H2/c1-17(2)36(32,33)22-11-9-20(10-12-22)23-16-30-18(3)24(31-23)26(28)35-25(27)21-7-5-19(6-8-21)15-29-13-14-34-4;/h5-12,16-17,27-29H,13-15H2,1-4H3;1H. The van der Waals surface area contributed by atoms with Gasteiger partial charge in [0.2, 0.25) is 11.8 Å². The van der Waals surface area contributed by atoms with E-state index in [2.05, 4.69) is 15.3 Å². The van der Waals surface area contributed by atoms with E-state index >= 15 is 0 Å². The van der Waals surface area contributed by atoms with Crippen LogP contribution in [0, 0.1) is 17.7 Å². The minimum atomic E-state index is -3.38. The maximum absolute atomic E-state index is 12.4. The lowest BCUT2D eigenvalue weighted by Gasteiger charge is -2.12. The number of sulfone groups is 1. The number of aromatic nitrogens is 2. The Labute approximate surface area is 213 Å². The highest BCUT2D eigenvalue weighted by atomic mass is 32.2. The van der Waals surface area contributed by atoms with Crippen LogP contribution in [-0.4, -0.2) is 55.7 Å². The van der Waals surface area contributed by atoms with Gasteiger partial charge in [0, 0.05) is 32.8 Å². The lowest BCUT2D eigenvalue weighted by Crippen LogP contribution is -2.19. The van der Waals surface area contributed by atoms with E-state index in [1.165, 1.54) is 0 Å². The van der Waals surface area contributed by atoms with E-state index in [1.54, 1.807) is 70.5 Å². The molecule has 10 heteroatoms. The van der Waals surface area contributed by atoms with Crippen LogP contribution in [0.25, 0.3) is 11.3 Å². The van der Waals surface area contributed by atoms with E-state index < -0.39 is 15.1 Å². The molecule has 3 rings (SSSR count). The SMILES string of the molecule is COCCNCc1ccc(C(=N)OC(=N)c2nc(-c3ccc(S(=O)(=O)C(C)C)cc3)cnc2C)cc1.[HH]. The Morgan fingerprint density at radius 2 is 1.72 bits per heavy atom. The molecule has 0 bridgehead atoms. The summed E-state index contributed by atoms with van der Waals surface area (Å²) in [6.45, 7) is 7.04. The summed E-state index contributed by atoms with van der Waals surface area (Å²) in [5.41, 5.74) is 3.39. The Morgan fingerprint density at radius 1 is 1.06 bits per heavy atom. The molecule has 192 valence electrons. The summed E-state index contributed by atoms with van der Waals surface area (Å²) in [5.74, 6) is -0.468.